The number of quaternary nitrogens is 1. The summed E-state index contributed by atoms with van der Waals surface area (Å²) in [6, 6.07) is 3.18. The summed E-state index contributed by atoms with van der Waals surface area (Å²) in [5.41, 5.74) is 0.453. The van der Waals surface area contributed by atoms with Gasteiger partial charge in [0, 0.05) is 10.9 Å². The second kappa shape index (κ2) is 7.60. The van der Waals surface area contributed by atoms with Gasteiger partial charge in [0.2, 0.25) is 0 Å². The van der Waals surface area contributed by atoms with Crippen LogP contribution >= 0.6 is 34.8 Å². The van der Waals surface area contributed by atoms with Crippen molar-refractivity contribution in [2.24, 2.45) is 11.8 Å². The summed E-state index contributed by atoms with van der Waals surface area (Å²) in [4.78, 5) is 13.7. The number of amides is 1. The molecule has 2 N–H and O–H groups in total. The molecule has 0 radical (unpaired) electrons. The van der Waals surface area contributed by atoms with Crippen molar-refractivity contribution in [3.63, 3.8) is 0 Å². The molecule has 1 aromatic rings. The molecular weight excluding hydrogens is 355 g/mol. The number of rotatable bonds is 3. The third-order valence-corrected chi connectivity index (χ3v) is 5.98. The van der Waals surface area contributed by atoms with Gasteiger partial charge >= 0.3 is 0 Å². The predicted octanol–water partition coefficient (Wildman–Crippen LogP) is 3.68. The highest BCUT2D eigenvalue weighted by molar-refractivity contribution is 6.42. The molecule has 126 valence electrons. The Morgan fingerprint density at radius 3 is 2.43 bits per heavy atom. The first kappa shape index (κ1) is 17.3. The molecule has 6 heteroatoms. The van der Waals surface area contributed by atoms with Crippen LogP contribution in [0.3, 0.4) is 0 Å². The second-order valence-corrected chi connectivity index (χ2v) is 8.02. The van der Waals surface area contributed by atoms with Gasteiger partial charge in [-0.25, -0.2) is 0 Å². The molecule has 0 spiro atoms. The normalized spacial score (nSPS) is 27.3. The van der Waals surface area contributed by atoms with E-state index in [1.165, 1.54) is 37.0 Å². The fourth-order valence-electron chi connectivity index (χ4n) is 4.03. The Labute approximate surface area is 152 Å². The third-order valence-electron chi connectivity index (χ3n) is 5.17. The summed E-state index contributed by atoms with van der Waals surface area (Å²) in [7, 11) is 0. The van der Waals surface area contributed by atoms with E-state index in [4.69, 9.17) is 34.8 Å². The maximum Gasteiger partial charge on any atom is 0.279 e. The minimum Gasteiger partial charge on any atom is -0.327 e. The lowest BCUT2D eigenvalue weighted by atomic mass is 9.75. The summed E-state index contributed by atoms with van der Waals surface area (Å²) in [6.45, 7) is 2.66. The fourth-order valence-corrected chi connectivity index (χ4v) is 4.94. The van der Waals surface area contributed by atoms with E-state index in [0.717, 1.165) is 24.9 Å². The summed E-state index contributed by atoms with van der Waals surface area (Å²) in [5.74, 6) is 1.64. The molecule has 1 aliphatic heterocycles. The quantitative estimate of drug-likeness (QED) is 0.829. The number of likely N-dealkylation sites (tertiary alicyclic amines) is 1. The molecule has 2 fully saturated rings. The van der Waals surface area contributed by atoms with Crippen molar-refractivity contribution in [1.82, 2.24) is 0 Å². The Morgan fingerprint density at radius 2 is 1.74 bits per heavy atom. The van der Waals surface area contributed by atoms with Crippen LogP contribution in [0.1, 0.15) is 32.1 Å². The minimum atomic E-state index is -0.0413. The molecule has 1 aromatic carbocycles. The lowest BCUT2D eigenvalue weighted by Gasteiger charge is -2.38. The monoisotopic (exact) mass is 375 g/mol. The largest absolute Gasteiger partial charge is 0.327 e. The molecule has 1 saturated heterocycles. The number of carbonyl (C=O) groups is 1. The number of nitrogens with one attached hydrogen (secondary N) is 2. The number of hydrogen-bond acceptors (Lipinski definition) is 1. The van der Waals surface area contributed by atoms with Crippen LogP contribution in [0, 0.1) is 11.8 Å². The lowest BCUT2D eigenvalue weighted by Crippen LogP contribution is -3.15. The SMILES string of the molecule is O=C(C[NH+]1CC[C@H]2CCCC[C@@H]2C1)Nc1c(Cl)cc(Cl)cc1Cl. The highest BCUT2D eigenvalue weighted by atomic mass is 35.5. The molecule has 3 rings (SSSR count). The van der Waals surface area contributed by atoms with E-state index >= 15 is 0 Å². The average molecular weight is 377 g/mol. The van der Waals surface area contributed by atoms with Gasteiger partial charge in [-0.2, -0.15) is 0 Å². The van der Waals surface area contributed by atoms with E-state index in [2.05, 4.69) is 5.32 Å². The Bertz CT molecular complexity index is 570. The van der Waals surface area contributed by atoms with Gasteiger partial charge in [0.1, 0.15) is 0 Å². The molecule has 0 aromatic heterocycles. The Hall–Kier alpha value is -0.480. The van der Waals surface area contributed by atoms with E-state index in [9.17, 15) is 4.79 Å². The van der Waals surface area contributed by atoms with Gasteiger partial charge in [0.05, 0.1) is 28.8 Å². The van der Waals surface area contributed by atoms with Crippen molar-refractivity contribution in [3.8, 4) is 0 Å². The number of carbonyl (C=O) groups excluding carboxylic acids is 1. The van der Waals surface area contributed by atoms with Crippen LogP contribution in [0.4, 0.5) is 5.69 Å². The van der Waals surface area contributed by atoms with Crippen LogP contribution in [-0.2, 0) is 4.79 Å². The van der Waals surface area contributed by atoms with Gasteiger partial charge in [-0.3, -0.25) is 4.79 Å². The summed E-state index contributed by atoms with van der Waals surface area (Å²) in [6.07, 6.45) is 6.67. The molecule has 1 saturated carbocycles. The van der Waals surface area contributed by atoms with Crippen molar-refractivity contribution in [2.45, 2.75) is 32.1 Å². The first-order valence-corrected chi connectivity index (χ1v) is 9.44. The molecule has 1 heterocycles. The standard InChI is InChI=1S/C17H21Cl3N2O/c18-13-7-14(19)17(15(20)8-13)21-16(23)10-22-6-5-11-3-1-2-4-12(11)9-22/h7-8,11-12H,1-6,9-10H2,(H,21,23)/p+1/t11-,12-/m1/s1. The zero-order chi connectivity index (χ0) is 16.4. The summed E-state index contributed by atoms with van der Waals surface area (Å²) in [5, 5.41) is 4.05. The third kappa shape index (κ3) is 4.33. The van der Waals surface area contributed by atoms with E-state index in [0.29, 0.717) is 27.3 Å². The Kier molecular flexibility index (Phi) is 5.74. The molecule has 1 unspecified atom stereocenters. The highest BCUT2D eigenvalue weighted by Gasteiger charge is 2.34. The van der Waals surface area contributed by atoms with E-state index in [1.807, 2.05) is 0 Å². The molecule has 23 heavy (non-hydrogen) atoms. The smallest absolute Gasteiger partial charge is 0.279 e. The van der Waals surface area contributed by atoms with Crippen LogP contribution in [0.25, 0.3) is 0 Å². The van der Waals surface area contributed by atoms with Crippen molar-refractivity contribution in [2.75, 3.05) is 25.0 Å². The van der Waals surface area contributed by atoms with Gasteiger partial charge in [-0.1, -0.05) is 47.6 Å². The number of halogens is 3. The Morgan fingerprint density at radius 1 is 1.09 bits per heavy atom. The number of benzene rings is 1. The topological polar surface area (TPSA) is 33.5 Å². The van der Waals surface area contributed by atoms with Gasteiger partial charge in [0.25, 0.3) is 5.91 Å². The summed E-state index contributed by atoms with van der Waals surface area (Å²) >= 11 is 18.1. The molecular formula is C17H22Cl3N2O+. The van der Waals surface area contributed by atoms with Crippen molar-refractivity contribution in [3.05, 3.63) is 27.2 Å². The van der Waals surface area contributed by atoms with Crippen molar-refractivity contribution in [1.29, 1.82) is 0 Å². The lowest BCUT2D eigenvalue weighted by molar-refractivity contribution is -0.902. The van der Waals surface area contributed by atoms with E-state index in [-0.39, 0.29) is 5.91 Å². The molecule has 1 amide bonds. The molecule has 0 bridgehead atoms. The maximum atomic E-state index is 12.3. The first-order chi connectivity index (χ1) is 11.0. The van der Waals surface area contributed by atoms with Gasteiger partial charge in [-0.05, 0) is 37.3 Å². The van der Waals surface area contributed by atoms with E-state index in [1.54, 1.807) is 12.1 Å². The number of fused-ring (bicyclic) bond motifs is 1. The minimum absolute atomic E-state index is 0.0413. The van der Waals surface area contributed by atoms with Crippen LogP contribution in [0.2, 0.25) is 15.1 Å². The van der Waals surface area contributed by atoms with Crippen LogP contribution in [0.15, 0.2) is 12.1 Å². The van der Waals surface area contributed by atoms with Crippen LogP contribution in [0.5, 0.6) is 0 Å². The predicted molar refractivity (Wildman–Crippen MR) is 95.7 cm³/mol. The summed E-state index contributed by atoms with van der Waals surface area (Å²) < 4.78 is 0. The molecule has 3 atom stereocenters. The van der Waals surface area contributed by atoms with Gasteiger partial charge in [0.15, 0.2) is 6.54 Å². The number of piperidine rings is 1. The second-order valence-electron chi connectivity index (χ2n) is 6.77. The van der Waals surface area contributed by atoms with Crippen LogP contribution in [-0.4, -0.2) is 25.5 Å². The number of hydrogen-bond donors (Lipinski definition) is 2. The number of anilines is 1. The zero-order valence-electron chi connectivity index (χ0n) is 13.0. The fraction of sp³-hybridized carbons (Fsp3) is 0.588. The first-order valence-electron chi connectivity index (χ1n) is 8.31. The molecule has 3 nitrogen and oxygen atoms in total. The molecule has 2 aliphatic rings. The van der Waals surface area contributed by atoms with E-state index < -0.39 is 0 Å². The van der Waals surface area contributed by atoms with Crippen LogP contribution < -0.4 is 10.2 Å². The Balaban J connectivity index is 1.57. The van der Waals surface area contributed by atoms with Gasteiger partial charge < -0.3 is 10.2 Å². The maximum absolute atomic E-state index is 12.3. The van der Waals surface area contributed by atoms with Crippen molar-refractivity contribution >= 4 is 46.4 Å². The zero-order valence-corrected chi connectivity index (χ0v) is 15.3. The highest BCUT2D eigenvalue weighted by Crippen LogP contribution is 2.34. The molecule has 1 aliphatic carbocycles. The van der Waals surface area contributed by atoms with Gasteiger partial charge in [-0.15, -0.1) is 0 Å². The van der Waals surface area contributed by atoms with Crippen molar-refractivity contribution < 1.29 is 9.69 Å². The average Bonchev–Trinajstić information content (AvgIpc) is 2.51.